The van der Waals surface area contributed by atoms with Crippen LogP contribution in [0.15, 0.2) is 71.4 Å². The number of nitrogens with one attached hydrogen (secondary N) is 1. The van der Waals surface area contributed by atoms with Crippen molar-refractivity contribution < 1.29 is 18.4 Å². The van der Waals surface area contributed by atoms with E-state index in [4.69, 9.17) is 9.26 Å². The summed E-state index contributed by atoms with van der Waals surface area (Å²) in [5, 5.41) is 6.73. The lowest BCUT2D eigenvalue weighted by Crippen LogP contribution is -2.23. The molecule has 0 aliphatic rings. The van der Waals surface area contributed by atoms with Crippen LogP contribution in [0.3, 0.4) is 0 Å². The Balaban J connectivity index is 1.24. The standard InChI is InChI=1S/C25H23FN4O3/c1-17-7-8-20(14-21(17)26)25-29-23(33-30-25)10-9-22(31)28-15-19-11-12-27-24(13-19)32-16-18-5-3-2-4-6-18/h2-8,11-14H,9-10,15-16H2,1H3,(H,28,31). The van der Waals surface area contributed by atoms with Crippen LogP contribution in [-0.4, -0.2) is 21.0 Å². The van der Waals surface area contributed by atoms with Gasteiger partial charge in [0.25, 0.3) is 0 Å². The molecule has 4 aromatic rings. The number of hydrogen-bond acceptors (Lipinski definition) is 6. The highest BCUT2D eigenvalue weighted by atomic mass is 19.1. The van der Waals surface area contributed by atoms with Crippen molar-refractivity contribution in [1.29, 1.82) is 0 Å². The fourth-order valence-electron chi connectivity index (χ4n) is 3.09. The minimum absolute atomic E-state index is 0.153. The van der Waals surface area contributed by atoms with Gasteiger partial charge in [0.1, 0.15) is 12.4 Å². The molecule has 4 rings (SSSR count). The summed E-state index contributed by atoms with van der Waals surface area (Å²) in [6.45, 7) is 2.45. The molecule has 0 saturated carbocycles. The Labute approximate surface area is 190 Å². The average molecular weight is 446 g/mol. The second-order valence-corrected chi connectivity index (χ2v) is 7.53. The Hall–Kier alpha value is -4.07. The van der Waals surface area contributed by atoms with Crippen LogP contribution >= 0.6 is 0 Å². The molecule has 0 spiro atoms. The molecule has 2 heterocycles. The van der Waals surface area contributed by atoms with E-state index in [1.165, 1.54) is 6.07 Å². The molecule has 1 N–H and O–H groups in total. The molecule has 0 bridgehead atoms. The molecular weight excluding hydrogens is 423 g/mol. The predicted octanol–water partition coefficient (Wildman–Crippen LogP) is 4.41. The van der Waals surface area contributed by atoms with Gasteiger partial charge in [-0.25, -0.2) is 9.37 Å². The third-order valence-electron chi connectivity index (χ3n) is 4.98. The first-order valence-electron chi connectivity index (χ1n) is 10.5. The maximum atomic E-state index is 13.7. The molecule has 7 nitrogen and oxygen atoms in total. The highest BCUT2D eigenvalue weighted by Gasteiger charge is 2.12. The van der Waals surface area contributed by atoms with Gasteiger partial charge in [-0.05, 0) is 35.7 Å². The molecule has 0 aliphatic heterocycles. The zero-order valence-corrected chi connectivity index (χ0v) is 18.1. The van der Waals surface area contributed by atoms with Crippen LogP contribution in [0.1, 0.15) is 29.0 Å². The Kier molecular flexibility index (Phi) is 7.04. The van der Waals surface area contributed by atoms with Gasteiger partial charge in [0, 0.05) is 37.2 Å². The number of halogens is 1. The van der Waals surface area contributed by atoms with Crippen LogP contribution in [0.4, 0.5) is 4.39 Å². The van der Waals surface area contributed by atoms with Crippen molar-refractivity contribution in [2.75, 3.05) is 0 Å². The highest BCUT2D eigenvalue weighted by molar-refractivity contribution is 5.76. The third kappa shape index (κ3) is 6.22. The van der Waals surface area contributed by atoms with Gasteiger partial charge in [-0.2, -0.15) is 4.98 Å². The number of carbonyl (C=O) groups excluding carboxylic acids is 1. The summed E-state index contributed by atoms with van der Waals surface area (Å²) in [5.41, 5.74) is 3.00. The topological polar surface area (TPSA) is 90.1 Å². The zero-order chi connectivity index (χ0) is 23.0. The highest BCUT2D eigenvalue weighted by Crippen LogP contribution is 2.19. The number of benzene rings is 2. The molecule has 8 heteroatoms. The van der Waals surface area contributed by atoms with Crippen LogP contribution in [0, 0.1) is 12.7 Å². The van der Waals surface area contributed by atoms with Crippen molar-refractivity contribution in [3.63, 3.8) is 0 Å². The first kappa shape index (κ1) is 22.1. The van der Waals surface area contributed by atoms with Gasteiger partial charge in [0.15, 0.2) is 0 Å². The van der Waals surface area contributed by atoms with Crippen LogP contribution in [0.5, 0.6) is 5.88 Å². The van der Waals surface area contributed by atoms with Gasteiger partial charge in [-0.3, -0.25) is 4.79 Å². The van der Waals surface area contributed by atoms with Crippen molar-refractivity contribution >= 4 is 5.91 Å². The van der Waals surface area contributed by atoms with Crippen molar-refractivity contribution in [1.82, 2.24) is 20.4 Å². The van der Waals surface area contributed by atoms with E-state index in [2.05, 4.69) is 20.4 Å². The lowest BCUT2D eigenvalue weighted by Gasteiger charge is -2.08. The maximum Gasteiger partial charge on any atom is 0.227 e. The number of amides is 1. The number of pyridine rings is 1. The molecule has 1 amide bonds. The van der Waals surface area contributed by atoms with Gasteiger partial charge < -0.3 is 14.6 Å². The summed E-state index contributed by atoms with van der Waals surface area (Å²) < 4.78 is 24.7. The number of aryl methyl sites for hydroxylation is 2. The van der Waals surface area contributed by atoms with Gasteiger partial charge in [-0.15, -0.1) is 0 Å². The minimum Gasteiger partial charge on any atom is -0.473 e. The second-order valence-electron chi connectivity index (χ2n) is 7.53. The average Bonchev–Trinajstić information content (AvgIpc) is 3.32. The Bertz CT molecular complexity index is 1230. The fraction of sp³-hybridized carbons (Fsp3) is 0.200. The van der Waals surface area contributed by atoms with Crippen LogP contribution in [0.2, 0.25) is 0 Å². The van der Waals surface area contributed by atoms with E-state index < -0.39 is 0 Å². The molecule has 2 aromatic heterocycles. The zero-order valence-electron chi connectivity index (χ0n) is 18.1. The van der Waals surface area contributed by atoms with Crippen molar-refractivity contribution in [2.24, 2.45) is 0 Å². The molecule has 0 saturated heterocycles. The summed E-state index contributed by atoms with van der Waals surface area (Å²) >= 11 is 0. The SMILES string of the molecule is Cc1ccc(-c2noc(CCC(=O)NCc3ccnc(OCc4ccccc4)c3)n2)cc1F. The molecule has 0 radical (unpaired) electrons. The molecule has 33 heavy (non-hydrogen) atoms. The van der Waals surface area contributed by atoms with Gasteiger partial charge >= 0.3 is 0 Å². The number of rotatable bonds is 9. The largest absolute Gasteiger partial charge is 0.473 e. The molecular formula is C25H23FN4O3. The van der Waals surface area contributed by atoms with E-state index in [1.54, 1.807) is 31.3 Å². The van der Waals surface area contributed by atoms with Gasteiger partial charge in [0.2, 0.25) is 23.5 Å². The van der Waals surface area contributed by atoms with E-state index in [0.717, 1.165) is 11.1 Å². The smallest absolute Gasteiger partial charge is 0.227 e. The summed E-state index contributed by atoms with van der Waals surface area (Å²) in [7, 11) is 0. The van der Waals surface area contributed by atoms with E-state index in [0.29, 0.717) is 41.9 Å². The second kappa shape index (κ2) is 10.5. The van der Waals surface area contributed by atoms with Crippen molar-refractivity contribution in [3.8, 4) is 17.3 Å². The molecule has 0 unspecified atom stereocenters. The minimum atomic E-state index is -0.331. The number of carbonyl (C=O) groups is 1. The summed E-state index contributed by atoms with van der Waals surface area (Å²) in [6, 6.07) is 18.2. The number of aromatic nitrogens is 3. The third-order valence-corrected chi connectivity index (χ3v) is 4.98. The molecule has 2 aromatic carbocycles. The van der Waals surface area contributed by atoms with E-state index in [9.17, 15) is 9.18 Å². The van der Waals surface area contributed by atoms with Crippen molar-refractivity contribution in [3.05, 3.63) is 95.3 Å². The molecule has 0 aliphatic carbocycles. The maximum absolute atomic E-state index is 13.7. The van der Waals surface area contributed by atoms with Crippen LogP contribution in [-0.2, 0) is 24.4 Å². The fourth-order valence-corrected chi connectivity index (χ4v) is 3.09. The number of hydrogen-bond donors (Lipinski definition) is 1. The predicted molar refractivity (Wildman–Crippen MR) is 120 cm³/mol. The molecule has 0 fully saturated rings. The van der Waals surface area contributed by atoms with Crippen LogP contribution in [0.25, 0.3) is 11.4 Å². The molecule has 168 valence electrons. The van der Waals surface area contributed by atoms with E-state index in [1.807, 2.05) is 36.4 Å². The van der Waals surface area contributed by atoms with Crippen LogP contribution < -0.4 is 10.1 Å². The number of nitrogens with zero attached hydrogens (tertiary/aromatic N) is 3. The Morgan fingerprint density at radius 1 is 1.09 bits per heavy atom. The summed E-state index contributed by atoms with van der Waals surface area (Å²) in [5.74, 6) is 0.630. The lowest BCUT2D eigenvalue weighted by atomic mass is 10.1. The summed E-state index contributed by atoms with van der Waals surface area (Å²) in [4.78, 5) is 20.7. The molecule has 0 atom stereocenters. The Morgan fingerprint density at radius 3 is 2.76 bits per heavy atom. The van der Waals surface area contributed by atoms with Crippen molar-refractivity contribution in [2.45, 2.75) is 32.9 Å². The quantitative estimate of drug-likeness (QED) is 0.410. The lowest BCUT2D eigenvalue weighted by molar-refractivity contribution is -0.121. The van der Waals surface area contributed by atoms with Gasteiger partial charge in [-0.1, -0.05) is 47.6 Å². The monoisotopic (exact) mass is 446 g/mol. The normalized spacial score (nSPS) is 10.7. The van der Waals surface area contributed by atoms with E-state index in [-0.39, 0.29) is 24.6 Å². The number of ether oxygens (including phenoxy) is 1. The van der Waals surface area contributed by atoms with Gasteiger partial charge in [0.05, 0.1) is 0 Å². The Morgan fingerprint density at radius 2 is 1.94 bits per heavy atom. The van der Waals surface area contributed by atoms with E-state index >= 15 is 0 Å². The first-order valence-corrected chi connectivity index (χ1v) is 10.5. The summed E-state index contributed by atoms with van der Waals surface area (Å²) in [6.07, 6.45) is 2.12. The first-order chi connectivity index (χ1) is 16.1.